The van der Waals surface area contributed by atoms with E-state index in [1.54, 1.807) is 11.8 Å². The number of hydrogen-bond donors (Lipinski definition) is 1. The van der Waals surface area contributed by atoms with Crippen LogP contribution in [0.3, 0.4) is 0 Å². The summed E-state index contributed by atoms with van der Waals surface area (Å²) in [6.07, 6.45) is 0. The molecule has 0 saturated carbocycles. The normalized spacial score (nSPS) is 23.6. The third kappa shape index (κ3) is 3.24. The van der Waals surface area contributed by atoms with Gasteiger partial charge in [-0.05, 0) is 24.6 Å². The van der Waals surface area contributed by atoms with Gasteiger partial charge in [0.05, 0.1) is 12.0 Å². The summed E-state index contributed by atoms with van der Waals surface area (Å²) >= 11 is 5.14. The Balaban J connectivity index is 1.98. The maximum atomic E-state index is 11.6. The second kappa shape index (κ2) is 5.89. The van der Waals surface area contributed by atoms with Crippen LogP contribution in [0.5, 0.6) is 0 Å². The molecule has 1 fully saturated rings. The minimum Gasteiger partial charge on any atom is -0.465 e. The molecule has 0 bridgehead atoms. The Bertz CT molecular complexity index is 396. The molecule has 1 aromatic carbocycles. The fourth-order valence-corrected chi connectivity index (χ4v) is 3.17. The first-order valence-corrected chi connectivity index (χ1v) is 7.34. The molecule has 0 spiro atoms. The molecule has 0 amide bonds. The van der Waals surface area contributed by atoms with Crippen LogP contribution in [0.25, 0.3) is 0 Å². The number of hydrogen-bond acceptors (Lipinski definition) is 4. The molecule has 0 unspecified atom stereocenters. The number of halogens is 1. The van der Waals surface area contributed by atoms with Crippen molar-refractivity contribution in [2.45, 2.75) is 18.3 Å². The second-order valence-electron chi connectivity index (χ2n) is 3.74. The van der Waals surface area contributed by atoms with Crippen LogP contribution in [-0.4, -0.2) is 24.4 Å². The third-order valence-corrected chi connectivity index (χ3v) is 4.32. The first-order valence-electron chi connectivity index (χ1n) is 5.50. The SMILES string of the molecule is CCOC(=O)[C@H]1CS[C@@H](c2ccc(Br)cc2)N1. The maximum Gasteiger partial charge on any atom is 0.324 e. The molecule has 0 aromatic heterocycles. The molecule has 1 aliphatic rings. The maximum absolute atomic E-state index is 11.6. The van der Waals surface area contributed by atoms with E-state index in [0.29, 0.717) is 6.61 Å². The van der Waals surface area contributed by atoms with Gasteiger partial charge in [-0.3, -0.25) is 10.1 Å². The molecule has 1 saturated heterocycles. The van der Waals surface area contributed by atoms with E-state index in [9.17, 15) is 4.79 Å². The van der Waals surface area contributed by atoms with E-state index in [-0.39, 0.29) is 17.4 Å². The van der Waals surface area contributed by atoms with Crippen molar-refractivity contribution in [2.24, 2.45) is 0 Å². The first kappa shape index (κ1) is 12.9. The van der Waals surface area contributed by atoms with Crippen LogP contribution >= 0.6 is 27.7 Å². The molecule has 17 heavy (non-hydrogen) atoms. The molecule has 1 N–H and O–H groups in total. The zero-order chi connectivity index (χ0) is 12.3. The quantitative estimate of drug-likeness (QED) is 0.870. The minimum atomic E-state index is -0.186. The predicted molar refractivity (Wildman–Crippen MR) is 72.9 cm³/mol. The van der Waals surface area contributed by atoms with Crippen LogP contribution in [0.2, 0.25) is 0 Å². The molecule has 92 valence electrons. The second-order valence-corrected chi connectivity index (χ2v) is 5.79. The van der Waals surface area contributed by atoms with E-state index >= 15 is 0 Å². The van der Waals surface area contributed by atoms with Crippen molar-refractivity contribution in [1.29, 1.82) is 0 Å². The van der Waals surface area contributed by atoms with E-state index in [1.807, 2.05) is 19.1 Å². The van der Waals surface area contributed by atoms with Crippen LogP contribution in [0.4, 0.5) is 0 Å². The van der Waals surface area contributed by atoms with Gasteiger partial charge in [-0.2, -0.15) is 0 Å². The van der Waals surface area contributed by atoms with E-state index in [1.165, 1.54) is 5.56 Å². The number of benzene rings is 1. The molecule has 0 radical (unpaired) electrons. The van der Waals surface area contributed by atoms with Gasteiger partial charge < -0.3 is 4.74 Å². The zero-order valence-electron chi connectivity index (χ0n) is 9.48. The van der Waals surface area contributed by atoms with Crippen LogP contribution in [0.15, 0.2) is 28.7 Å². The van der Waals surface area contributed by atoms with Gasteiger partial charge in [0.1, 0.15) is 6.04 Å². The smallest absolute Gasteiger partial charge is 0.324 e. The number of thioether (sulfide) groups is 1. The fraction of sp³-hybridized carbons (Fsp3) is 0.417. The lowest BCUT2D eigenvalue weighted by Gasteiger charge is -2.12. The largest absolute Gasteiger partial charge is 0.465 e. The van der Waals surface area contributed by atoms with Gasteiger partial charge in [-0.15, -0.1) is 11.8 Å². The summed E-state index contributed by atoms with van der Waals surface area (Å²) in [4.78, 5) is 11.6. The molecule has 1 aliphatic heterocycles. The number of rotatable bonds is 3. The first-order chi connectivity index (χ1) is 8.20. The van der Waals surface area contributed by atoms with E-state index in [0.717, 1.165) is 10.2 Å². The molecule has 2 atom stereocenters. The average Bonchev–Trinajstić information content (AvgIpc) is 2.80. The summed E-state index contributed by atoms with van der Waals surface area (Å²) in [5, 5.41) is 3.46. The van der Waals surface area contributed by atoms with Crippen molar-refractivity contribution < 1.29 is 9.53 Å². The summed E-state index contributed by atoms with van der Waals surface area (Å²) in [5.74, 6) is 0.610. The summed E-state index contributed by atoms with van der Waals surface area (Å²) < 4.78 is 6.07. The van der Waals surface area contributed by atoms with Gasteiger partial charge in [-0.1, -0.05) is 28.1 Å². The lowest BCUT2D eigenvalue weighted by atomic mass is 10.2. The highest BCUT2D eigenvalue weighted by Gasteiger charge is 2.31. The Hall–Kier alpha value is -0.520. The molecule has 1 heterocycles. The Kier molecular flexibility index (Phi) is 4.48. The number of nitrogens with one attached hydrogen (secondary N) is 1. The van der Waals surface area contributed by atoms with Gasteiger partial charge in [0.15, 0.2) is 0 Å². The Labute approximate surface area is 113 Å². The Morgan fingerprint density at radius 2 is 2.24 bits per heavy atom. The highest BCUT2D eigenvalue weighted by Crippen LogP contribution is 2.33. The number of carbonyl (C=O) groups is 1. The summed E-state index contributed by atoms with van der Waals surface area (Å²) in [5.41, 5.74) is 1.19. The lowest BCUT2D eigenvalue weighted by molar-refractivity contribution is -0.144. The van der Waals surface area contributed by atoms with E-state index < -0.39 is 0 Å². The van der Waals surface area contributed by atoms with Crippen molar-refractivity contribution in [2.75, 3.05) is 12.4 Å². The highest BCUT2D eigenvalue weighted by atomic mass is 79.9. The predicted octanol–water partition coefficient (Wildman–Crippen LogP) is 2.72. The van der Waals surface area contributed by atoms with Gasteiger partial charge in [0, 0.05) is 10.2 Å². The zero-order valence-corrected chi connectivity index (χ0v) is 11.9. The van der Waals surface area contributed by atoms with Crippen molar-refractivity contribution in [3.05, 3.63) is 34.3 Å². The van der Waals surface area contributed by atoms with Crippen LogP contribution < -0.4 is 5.32 Å². The summed E-state index contributed by atoms with van der Waals surface area (Å²) in [7, 11) is 0. The van der Waals surface area contributed by atoms with E-state index in [2.05, 4.69) is 33.4 Å². The van der Waals surface area contributed by atoms with Crippen LogP contribution in [0, 0.1) is 0 Å². The van der Waals surface area contributed by atoms with Crippen molar-refractivity contribution in [3.63, 3.8) is 0 Å². The van der Waals surface area contributed by atoms with Crippen molar-refractivity contribution in [3.8, 4) is 0 Å². The monoisotopic (exact) mass is 315 g/mol. The summed E-state index contributed by atoms with van der Waals surface area (Å²) in [6.45, 7) is 2.26. The minimum absolute atomic E-state index is 0.153. The van der Waals surface area contributed by atoms with Gasteiger partial charge in [-0.25, -0.2) is 0 Å². The number of esters is 1. The molecule has 5 heteroatoms. The van der Waals surface area contributed by atoms with Gasteiger partial charge in [0.25, 0.3) is 0 Å². The van der Waals surface area contributed by atoms with Crippen molar-refractivity contribution >= 4 is 33.7 Å². The molecular formula is C12H14BrNO2S. The lowest BCUT2D eigenvalue weighted by Crippen LogP contribution is -2.35. The van der Waals surface area contributed by atoms with E-state index in [4.69, 9.17) is 4.74 Å². The Morgan fingerprint density at radius 1 is 1.53 bits per heavy atom. The molecule has 0 aliphatic carbocycles. The van der Waals surface area contributed by atoms with Gasteiger partial charge in [0.2, 0.25) is 0 Å². The molecule has 2 rings (SSSR count). The van der Waals surface area contributed by atoms with Crippen LogP contribution in [0.1, 0.15) is 17.9 Å². The van der Waals surface area contributed by atoms with Crippen molar-refractivity contribution in [1.82, 2.24) is 5.32 Å². The Morgan fingerprint density at radius 3 is 2.88 bits per heavy atom. The van der Waals surface area contributed by atoms with Gasteiger partial charge >= 0.3 is 5.97 Å². The summed E-state index contributed by atoms with van der Waals surface area (Å²) in [6, 6.07) is 7.95. The third-order valence-electron chi connectivity index (χ3n) is 2.53. The standard InChI is InChI=1S/C12H14BrNO2S/c1-2-16-12(15)10-7-17-11(14-10)8-3-5-9(13)6-4-8/h3-6,10-11,14H,2,7H2,1H3/t10-,11+/m1/s1. The number of carbonyl (C=O) groups excluding carboxylic acids is 1. The molecular weight excluding hydrogens is 302 g/mol. The average molecular weight is 316 g/mol. The molecule has 1 aromatic rings. The molecule has 3 nitrogen and oxygen atoms in total. The number of ether oxygens (including phenoxy) is 1. The fourth-order valence-electron chi connectivity index (χ4n) is 1.68. The van der Waals surface area contributed by atoms with Crippen LogP contribution in [-0.2, 0) is 9.53 Å². The topological polar surface area (TPSA) is 38.3 Å². The highest BCUT2D eigenvalue weighted by molar-refractivity contribution is 9.10.